The van der Waals surface area contributed by atoms with E-state index in [9.17, 15) is 4.79 Å². The van der Waals surface area contributed by atoms with Gasteiger partial charge in [0.1, 0.15) is 0 Å². The molecule has 8 heavy (non-hydrogen) atoms. The summed E-state index contributed by atoms with van der Waals surface area (Å²) in [5.74, 6) is -1.25. The average Bonchev–Trinajstić information content (AvgIpc) is 1.64. The van der Waals surface area contributed by atoms with Crippen LogP contribution in [0, 0.1) is 0 Å². The molecule has 2 N–H and O–H groups in total. The predicted octanol–water partition coefficient (Wildman–Crippen LogP) is 0.00800. The van der Waals surface area contributed by atoms with Crippen molar-refractivity contribution in [1.29, 1.82) is 0 Å². The Bertz CT molecular complexity index is 103. The smallest absolute Gasteiger partial charge is 0.336 e. The summed E-state index contributed by atoms with van der Waals surface area (Å²) >= 11 is 0. The van der Waals surface area contributed by atoms with Crippen LogP contribution in [0.1, 0.15) is 6.92 Å². The highest BCUT2D eigenvalue weighted by Gasteiger charge is 2.11. The molecule has 0 fully saturated rings. The van der Waals surface area contributed by atoms with Crippen molar-refractivity contribution in [2.75, 3.05) is 0 Å². The molecular formula is C5H8O3. The minimum atomic E-state index is -1.41. The second-order valence-electron chi connectivity index (χ2n) is 1.59. The number of carboxylic acids is 1. The first-order valence-corrected chi connectivity index (χ1v) is 2.12. The van der Waals surface area contributed by atoms with Gasteiger partial charge in [0.15, 0.2) is 6.10 Å². The van der Waals surface area contributed by atoms with Gasteiger partial charge in [-0.2, -0.15) is 0 Å². The van der Waals surface area contributed by atoms with Gasteiger partial charge in [-0.3, -0.25) is 0 Å². The summed E-state index contributed by atoms with van der Waals surface area (Å²) in [7, 11) is 0. The minimum Gasteiger partial charge on any atom is -0.479 e. The van der Waals surface area contributed by atoms with Gasteiger partial charge in [0.2, 0.25) is 0 Å². The topological polar surface area (TPSA) is 57.5 Å². The van der Waals surface area contributed by atoms with E-state index in [1.807, 2.05) is 0 Å². The zero-order chi connectivity index (χ0) is 6.73. The van der Waals surface area contributed by atoms with Crippen LogP contribution in [0.4, 0.5) is 0 Å². The molecule has 0 aliphatic rings. The van der Waals surface area contributed by atoms with Gasteiger partial charge in [-0.05, 0) is 12.5 Å². The summed E-state index contributed by atoms with van der Waals surface area (Å²) in [5, 5.41) is 16.5. The van der Waals surface area contributed by atoms with Gasteiger partial charge in [0.25, 0.3) is 0 Å². The third-order valence-corrected chi connectivity index (χ3v) is 0.701. The molecule has 0 aromatic carbocycles. The van der Waals surface area contributed by atoms with E-state index in [1.54, 1.807) is 0 Å². The molecule has 0 saturated carbocycles. The van der Waals surface area contributed by atoms with E-state index < -0.39 is 12.1 Å². The Morgan fingerprint density at radius 2 is 2.12 bits per heavy atom. The highest BCUT2D eigenvalue weighted by atomic mass is 16.4. The van der Waals surface area contributed by atoms with Gasteiger partial charge in [0.05, 0.1) is 0 Å². The van der Waals surface area contributed by atoms with Crippen LogP contribution in [0.2, 0.25) is 0 Å². The number of aliphatic hydroxyl groups is 1. The maximum atomic E-state index is 9.83. The Morgan fingerprint density at radius 1 is 1.75 bits per heavy atom. The zero-order valence-corrected chi connectivity index (χ0v) is 4.59. The number of aliphatic hydroxyl groups excluding tert-OH is 1. The number of carbonyl (C=O) groups is 1. The van der Waals surface area contributed by atoms with Crippen molar-refractivity contribution >= 4 is 5.97 Å². The molecule has 0 amide bonds. The van der Waals surface area contributed by atoms with E-state index in [4.69, 9.17) is 10.2 Å². The summed E-state index contributed by atoms with van der Waals surface area (Å²) in [6, 6.07) is 0. The summed E-state index contributed by atoms with van der Waals surface area (Å²) in [5.41, 5.74) is 0.248. The van der Waals surface area contributed by atoms with E-state index in [0.717, 1.165) is 0 Å². The first-order chi connectivity index (χ1) is 3.55. The Labute approximate surface area is 47.3 Å². The minimum absolute atomic E-state index is 0.248. The number of hydrogen-bond acceptors (Lipinski definition) is 2. The van der Waals surface area contributed by atoms with Crippen LogP contribution >= 0.6 is 0 Å². The Morgan fingerprint density at radius 3 is 2.12 bits per heavy atom. The molecule has 0 aromatic rings. The van der Waals surface area contributed by atoms with Crippen LogP contribution < -0.4 is 0 Å². The molecule has 0 heterocycles. The molecule has 0 spiro atoms. The van der Waals surface area contributed by atoms with Crippen molar-refractivity contribution in [2.45, 2.75) is 13.0 Å². The average molecular weight is 116 g/mol. The Balaban J connectivity index is 3.83. The molecule has 0 saturated heterocycles. The summed E-state index contributed by atoms with van der Waals surface area (Å²) in [6.45, 7) is 4.70. The quantitative estimate of drug-likeness (QED) is 0.499. The fourth-order valence-electron chi connectivity index (χ4n) is 0.211. The number of aliphatic carboxylic acids is 1. The first kappa shape index (κ1) is 7.17. The third-order valence-electron chi connectivity index (χ3n) is 0.701. The monoisotopic (exact) mass is 116 g/mol. The highest BCUT2D eigenvalue weighted by Crippen LogP contribution is 1.95. The SMILES string of the molecule is C=C(C)C(O)C(=O)O. The van der Waals surface area contributed by atoms with E-state index in [2.05, 4.69) is 6.58 Å². The number of carboxylic acid groups (broad SMARTS) is 1. The highest BCUT2D eigenvalue weighted by molar-refractivity contribution is 5.75. The summed E-state index contributed by atoms with van der Waals surface area (Å²) in [6.07, 6.45) is -1.41. The van der Waals surface area contributed by atoms with E-state index >= 15 is 0 Å². The molecule has 0 aliphatic carbocycles. The maximum absolute atomic E-state index is 9.83. The van der Waals surface area contributed by atoms with Crippen LogP contribution in [0.25, 0.3) is 0 Å². The molecular weight excluding hydrogens is 108 g/mol. The molecule has 0 rings (SSSR count). The van der Waals surface area contributed by atoms with Crippen molar-refractivity contribution in [2.24, 2.45) is 0 Å². The maximum Gasteiger partial charge on any atom is 0.336 e. The van der Waals surface area contributed by atoms with E-state index in [-0.39, 0.29) is 5.57 Å². The van der Waals surface area contributed by atoms with Crippen LogP contribution in [0.15, 0.2) is 12.2 Å². The Kier molecular flexibility index (Phi) is 2.21. The molecule has 0 bridgehead atoms. The molecule has 0 aliphatic heterocycles. The van der Waals surface area contributed by atoms with E-state index in [1.165, 1.54) is 6.92 Å². The van der Waals surface area contributed by atoms with Crippen molar-refractivity contribution in [3.05, 3.63) is 12.2 Å². The lowest BCUT2D eigenvalue weighted by Gasteiger charge is -2.00. The molecule has 46 valence electrons. The lowest BCUT2D eigenvalue weighted by atomic mass is 10.2. The number of hydrogen-bond donors (Lipinski definition) is 2. The summed E-state index contributed by atoms with van der Waals surface area (Å²) < 4.78 is 0. The first-order valence-electron chi connectivity index (χ1n) is 2.12. The second-order valence-corrected chi connectivity index (χ2v) is 1.59. The zero-order valence-electron chi connectivity index (χ0n) is 4.59. The van der Waals surface area contributed by atoms with Crippen LogP contribution in [0.3, 0.4) is 0 Å². The molecule has 0 aromatic heterocycles. The molecule has 1 unspecified atom stereocenters. The number of rotatable bonds is 2. The largest absolute Gasteiger partial charge is 0.479 e. The van der Waals surface area contributed by atoms with Gasteiger partial charge in [-0.15, -0.1) is 0 Å². The second kappa shape index (κ2) is 2.47. The van der Waals surface area contributed by atoms with Gasteiger partial charge < -0.3 is 10.2 Å². The lowest BCUT2D eigenvalue weighted by Crippen LogP contribution is -2.19. The fourth-order valence-corrected chi connectivity index (χ4v) is 0.211. The van der Waals surface area contributed by atoms with Crippen LogP contribution in [-0.4, -0.2) is 22.3 Å². The van der Waals surface area contributed by atoms with Crippen molar-refractivity contribution in [3.63, 3.8) is 0 Å². The van der Waals surface area contributed by atoms with Crippen molar-refractivity contribution in [1.82, 2.24) is 0 Å². The van der Waals surface area contributed by atoms with Gasteiger partial charge in [-0.1, -0.05) is 6.58 Å². The van der Waals surface area contributed by atoms with Crippen molar-refractivity contribution < 1.29 is 15.0 Å². The van der Waals surface area contributed by atoms with Crippen LogP contribution in [0.5, 0.6) is 0 Å². The lowest BCUT2D eigenvalue weighted by molar-refractivity contribution is -0.144. The summed E-state index contributed by atoms with van der Waals surface area (Å²) in [4.78, 5) is 9.83. The van der Waals surface area contributed by atoms with Crippen molar-refractivity contribution in [3.8, 4) is 0 Å². The third kappa shape index (κ3) is 1.75. The fraction of sp³-hybridized carbons (Fsp3) is 0.400. The van der Waals surface area contributed by atoms with Crippen LogP contribution in [-0.2, 0) is 4.79 Å². The van der Waals surface area contributed by atoms with Gasteiger partial charge in [0, 0.05) is 0 Å². The molecule has 3 heteroatoms. The predicted molar refractivity (Wildman–Crippen MR) is 28.5 cm³/mol. The molecule has 1 atom stereocenters. The molecule has 3 nitrogen and oxygen atoms in total. The molecule has 0 radical (unpaired) electrons. The van der Waals surface area contributed by atoms with E-state index in [0.29, 0.717) is 0 Å². The normalized spacial score (nSPS) is 12.8. The Hall–Kier alpha value is -0.830. The van der Waals surface area contributed by atoms with Gasteiger partial charge in [-0.25, -0.2) is 4.79 Å². The van der Waals surface area contributed by atoms with Gasteiger partial charge >= 0.3 is 5.97 Å². The standard InChI is InChI=1S/C5H8O3/c1-3(2)4(6)5(7)8/h4,6H,1H2,2H3,(H,7,8).